The minimum absolute atomic E-state index is 0.139. The topological polar surface area (TPSA) is 116 Å². The smallest absolute Gasteiger partial charge is 0.411 e. The van der Waals surface area contributed by atoms with Gasteiger partial charge in [0.2, 0.25) is 5.91 Å². The minimum atomic E-state index is -0.925. The fourth-order valence-electron chi connectivity index (χ4n) is 4.52. The number of ether oxygens (including phenoxy) is 2. The summed E-state index contributed by atoms with van der Waals surface area (Å²) in [7, 11) is 2.75. The molecular formula is C32H31N3O6. The van der Waals surface area contributed by atoms with Gasteiger partial charge in [0, 0.05) is 35.0 Å². The number of carbonyl (C=O) groups is 3. The number of Topliss-reactive ketones (excluding diaryl/α,β-unsaturated/α-hetero) is 1. The summed E-state index contributed by atoms with van der Waals surface area (Å²) in [4.78, 5) is 51.1. The number of methoxy groups -OCH3 is 2. The van der Waals surface area contributed by atoms with E-state index >= 15 is 0 Å². The fraction of sp³-hybridized carbons (Fsp3) is 0.188. The molecule has 2 N–H and O–H groups in total. The van der Waals surface area contributed by atoms with Crippen LogP contribution in [0.25, 0.3) is 11.1 Å². The average molecular weight is 554 g/mol. The first-order valence-corrected chi connectivity index (χ1v) is 12.9. The molecule has 9 nitrogen and oxygen atoms in total. The molecule has 0 unspecified atom stereocenters. The molecule has 1 atom stereocenters. The number of rotatable bonds is 9. The molecule has 0 bridgehead atoms. The second kappa shape index (κ2) is 12.8. The molecular weight excluding hydrogens is 522 g/mol. The zero-order valence-electron chi connectivity index (χ0n) is 23.3. The number of hydrogen-bond acceptors (Lipinski definition) is 6. The van der Waals surface area contributed by atoms with Crippen molar-refractivity contribution in [1.29, 1.82) is 0 Å². The Bertz CT molecular complexity index is 1630. The largest absolute Gasteiger partial charge is 0.495 e. The number of aryl methyl sites for hydroxylation is 1. The molecule has 210 valence electrons. The van der Waals surface area contributed by atoms with E-state index in [1.807, 2.05) is 49.4 Å². The predicted molar refractivity (Wildman–Crippen MR) is 158 cm³/mol. The first-order chi connectivity index (χ1) is 19.7. The quantitative estimate of drug-likeness (QED) is 0.259. The molecule has 9 heteroatoms. The summed E-state index contributed by atoms with van der Waals surface area (Å²) < 4.78 is 11.6. The van der Waals surface area contributed by atoms with Crippen molar-refractivity contribution in [2.75, 3.05) is 24.9 Å². The molecule has 41 heavy (non-hydrogen) atoms. The Kier molecular flexibility index (Phi) is 8.98. The third kappa shape index (κ3) is 6.88. The molecule has 0 saturated carbocycles. The van der Waals surface area contributed by atoms with Crippen molar-refractivity contribution < 1.29 is 23.9 Å². The number of pyridine rings is 1. The summed E-state index contributed by atoms with van der Waals surface area (Å²) in [6, 6.07) is 21.8. The molecule has 0 aliphatic carbocycles. The zero-order chi connectivity index (χ0) is 29.5. The lowest BCUT2D eigenvalue weighted by atomic mass is 9.95. The van der Waals surface area contributed by atoms with Crippen LogP contribution in [0.4, 0.5) is 16.2 Å². The second-order valence-corrected chi connectivity index (χ2v) is 9.49. The number of benzene rings is 3. The fourth-order valence-corrected chi connectivity index (χ4v) is 4.52. The molecule has 0 aliphatic heterocycles. The Labute approximate surface area is 237 Å². The third-order valence-corrected chi connectivity index (χ3v) is 6.60. The minimum Gasteiger partial charge on any atom is -0.495 e. The van der Waals surface area contributed by atoms with Crippen molar-refractivity contribution in [2.24, 2.45) is 0 Å². The Morgan fingerprint density at radius 2 is 1.51 bits per heavy atom. The SMILES string of the molecule is COC(=O)Nc1ccc(NC(=O)[C@H](Cc2ccccc2)n2cc(OC)c(-c3cc(C)ccc3C(C)=O)cc2=O)cc1. The highest BCUT2D eigenvalue weighted by atomic mass is 16.5. The van der Waals surface area contributed by atoms with Crippen LogP contribution in [0.1, 0.15) is 34.5 Å². The zero-order valence-corrected chi connectivity index (χ0v) is 23.3. The lowest BCUT2D eigenvalue weighted by Gasteiger charge is -2.22. The van der Waals surface area contributed by atoms with Gasteiger partial charge in [0.05, 0.1) is 20.4 Å². The number of amides is 2. The predicted octanol–water partition coefficient (Wildman–Crippen LogP) is 5.64. The number of aromatic nitrogens is 1. The van der Waals surface area contributed by atoms with Crippen molar-refractivity contribution in [3.63, 3.8) is 0 Å². The van der Waals surface area contributed by atoms with Gasteiger partial charge >= 0.3 is 6.09 Å². The molecule has 0 radical (unpaired) electrons. The van der Waals surface area contributed by atoms with Crippen molar-refractivity contribution in [2.45, 2.75) is 26.3 Å². The maximum absolute atomic E-state index is 13.7. The maximum atomic E-state index is 13.7. The molecule has 1 aromatic heterocycles. The number of nitrogens with zero attached hydrogens (tertiary/aromatic N) is 1. The number of hydrogen-bond donors (Lipinski definition) is 2. The second-order valence-electron chi connectivity index (χ2n) is 9.49. The van der Waals surface area contributed by atoms with E-state index in [-0.39, 0.29) is 12.2 Å². The van der Waals surface area contributed by atoms with E-state index < -0.39 is 23.6 Å². The van der Waals surface area contributed by atoms with Crippen LogP contribution in [0.3, 0.4) is 0 Å². The van der Waals surface area contributed by atoms with Gasteiger partial charge < -0.3 is 14.8 Å². The molecule has 3 aromatic carbocycles. The van der Waals surface area contributed by atoms with Crippen LogP contribution in [-0.2, 0) is 16.0 Å². The summed E-state index contributed by atoms with van der Waals surface area (Å²) in [5.41, 5.74) is 3.85. The Balaban J connectivity index is 1.74. The Hall–Kier alpha value is -5.18. The van der Waals surface area contributed by atoms with Gasteiger partial charge in [0.1, 0.15) is 11.8 Å². The Morgan fingerprint density at radius 1 is 0.854 bits per heavy atom. The van der Waals surface area contributed by atoms with Crippen LogP contribution in [0.5, 0.6) is 5.75 Å². The van der Waals surface area contributed by atoms with E-state index in [1.165, 1.54) is 38.0 Å². The van der Waals surface area contributed by atoms with Crippen LogP contribution in [-0.4, -0.2) is 36.6 Å². The third-order valence-electron chi connectivity index (χ3n) is 6.60. The molecule has 0 aliphatic rings. The van der Waals surface area contributed by atoms with Crippen LogP contribution in [0.2, 0.25) is 0 Å². The van der Waals surface area contributed by atoms with E-state index in [2.05, 4.69) is 15.4 Å². The van der Waals surface area contributed by atoms with Crippen molar-refractivity contribution in [1.82, 2.24) is 4.57 Å². The van der Waals surface area contributed by atoms with Gasteiger partial charge in [0.15, 0.2) is 5.78 Å². The van der Waals surface area contributed by atoms with Crippen molar-refractivity contribution >= 4 is 29.2 Å². The number of nitrogens with one attached hydrogen (secondary N) is 2. The maximum Gasteiger partial charge on any atom is 0.411 e. The summed E-state index contributed by atoms with van der Waals surface area (Å²) in [5.74, 6) is -0.207. The Morgan fingerprint density at radius 3 is 2.12 bits per heavy atom. The number of ketones is 1. The molecule has 0 spiro atoms. The molecule has 4 aromatic rings. The van der Waals surface area contributed by atoms with Gasteiger partial charge in [-0.05, 0) is 49.2 Å². The molecule has 4 rings (SSSR count). The molecule has 0 fully saturated rings. The highest BCUT2D eigenvalue weighted by Gasteiger charge is 2.25. The van der Waals surface area contributed by atoms with Gasteiger partial charge in [-0.1, -0.05) is 54.1 Å². The highest BCUT2D eigenvalue weighted by molar-refractivity contribution is 6.01. The summed E-state index contributed by atoms with van der Waals surface area (Å²) in [5, 5.41) is 5.42. The van der Waals surface area contributed by atoms with E-state index in [1.54, 1.807) is 30.3 Å². The average Bonchev–Trinajstić information content (AvgIpc) is 2.97. The van der Waals surface area contributed by atoms with Crippen LogP contribution in [0, 0.1) is 6.92 Å². The highest BCUT2D eigenvalue weighted by Crippen LogP contribution is 2.33. The lowest BCUT2D eigenvalue weighted by molar-refractivity contribution is -0.119. The number of anilines is 2. The van der Waals surface area contributed by atoms with Gasteiger partial charge in [-0.2, -0.15) is 0 Å². The van der Waals surface area contributed by atoms with Crippen LogP contribution >= 0.6 is 0 Å². The summed E-state index contributed by atoms with van der Waals surface area (Å²) in [6.45, 7) is 3.37. The lowest BCUT2D eigenvalue weighted by Crippen LogP contribution is -2.34. The molecule has 0 saturated heterocycles. The standard InChI is InChI=1S/C32H31N3O6/c1-20-10-15-25(21(2)36)26(16-20)27-18-30(37)35(19-29(27)40-3)28(17-22-8-6-5-7-9-22)31(38)33-23-11-13-24(14-12-23)34-32(39)41-4/h5-16,18-19,28H,17H2,1-4H3,(H,33,38)(H,34,39)/t28-/m0/s1. The van der Waals surface area contributed by atoms with Gasteiger partial charge in [-0.3, -0.25) is 24.3 Å². The van der Waals surface area contributed by atoms with E-state index in [0.717, 1.165) is 11.1 Å². The van der Waals surface area contributed by atoms with Crippen LogP contribution in [0.15, 0.2) is 89.9 Å². The molecule has 1 heterocycles. The van der Waals surface area contributed by atoms with Gasteiger partial charge in [-0.15, -0.1) is 0 Å². The van der Waals surface area contributed by atoms with E-state index in [4.69, 9.17) is 4.74 Å². The van der Waals surface area contributed by atoms with Gasteiger partial charge in [-0.25, -0.2) is 4.79 Å². The van der Waals surface area contributed by atoms with Gasteiger partial charge in [0.25, 0.3) is 5.56 Å². The van der Waals surface area contributed by atoms with Crippen molar-refractivity contribution in [3.8, 4) is 16.9 Å². The first-order valence-electron chi connectivity index (χ1n) is 12.9. The van der Waals surface area contributed by atoms with Crippen LogP contribution < -0.4 is 20.9 Å². The first kappa shape index (κ1) is 28.8. The summed E-state index contributed by atoms with van der Waals surface area (Å²) in [6.07, 6.45) is 1.14. The molecule has 2 amide bonds. The number of carbonyl (C=O) groups excluding carboxylic acids is 3. The normalized spacial score (nSPS) is 11.3. The van der Waals surface area contributed by atoms with Crippen molar-refractivity contribution in [3.05, 3.63) is 112 Å². The van der Waals surface area contributed by atoms with E-state index in [0.29, 0.717) is 33.8 Å². The monoisotopic (exact) mass is 553 g/mol. The van der Waals surface area contributed by atoms with E-state index in [9.17, 15) is 19.2 Å². The summed E-state index contributed by atoms with van der Waals surface area (Å²) >= 11 is 0.